The van der Waals surface area contributed by atoms with Gasteiger partial charge in [-0.1, -0.05) is 0 Å². The van der Waals surface area contributed by atoms with E-state index in [1.54, 1.807) is 24.3 Å². The third kappa shape index (κ3) is 2.87. The van der Waals surface area contributed by atoms with E-state index in [4.69, 9.17) is 5.11 Å². The molecule has 0 aromatic heterocycles. The van der Waals surface area contributed by atoms with Gasteiger partial charge in [-0.25, -0.2) is 4.79 Å². The Kier molecular flexibility index (Phi) is 3.34. The Morgan fingerprint density at radius 2 is 1.89 bits per heavy atom. The monoisotopic (exact) mass is 248 g/mol. The first-order valence-corrected chi connectivity index (χ1v) is 5.86. The summed E-state index contributed by atoms with van der Waals surface area (Å²) in [7, 11) is 0. The molecule has 2 rings (SSSR count). The minimum absolute atomic E-state index is 0.0109. The Morgan fingerprint density at radius 1 is 1.28 bits per heavy atom. The van der Waals surface area contributed by atoms with Crippen molar-refractivity contribution in [3.63, 3.8) is 0 Å². The Hall–Kier alpha value is -1.88. The fraction of sp³-hybridized carbons (Fsp3) is 0.385. The number of amides is 2. The summed E-state index contributed by atoms with van der Waals surface area (Å²) < 4.78 is 0. The molecule has 0 saturated heterocycles. The van der Waals surface area contributed by atoms with Gasteiger partial charge in [-0.15, -0.1) is 0 Å². The summed E-state index contributed by atoms with van der Waals surface area (Å²) in [5.41, 5.74) is 0.796. The molecule has 1 aliphatic rings. The van der Waals surface area contributed by atoms with Crippen molar-refractivity contribution in [2.45, 2.75) is 25.3 Å². The van der Waals surface area contributed by atoms with Gasteiger partial charge in [0.05, 0.1) is 12.1 Å². The standard InChI is InChI=1S/C13H16N2O3/c1-9(17)10-2-4-11(5-3-10)14-12(18)15-13(8-16)6-7-13/h2-5,16H,6-8H2,1H3,(H2,14,15,18). The fourth-order valence-corrected chi connectivity index (χ4v) is 1.66. The van der Waals surface area contributed by atoms with E-state index in [1.165, 1.54) is 6.92 Å². The van der Waals surface area contributed by atoms with Crippen LogP contribution in [0, 0.1) is 0 Å². The van der Waals surface area contributed by atoms with Gasteiger partial charge in [0.1, 0.15) is 0 Å². The van der Waals surface area contributed by atoms with E-state index >= 15 is 0 Å². The number of nitrogens with one attached hydrogen (secondary N) is 2. The molecule has 1 aromatic rings. The van der Waals surface area contributed by atoms with Crippen LogP contribution in [-0.2, 0) is 0 Å². The summed E-state index contributed by atoms with van der Waals surface area (Å²) >= 11 is 0. The first-order chi connectivity index (χ1) is 8.54. The van der Waals surface area contributed by atoms with E-state index < -0.39 is 5.54 Å². The maximum absolute atomic E-state index is 11.6. The number of ketones is 1. The summed E-state index contributed by atoms with van der Waals surface area (Å²) in [4.78, 5) is 22.7. The van der Waals surface area contributed by atoms with Crippen molar-refractivity contribution in [2.75, 3.05) is 11.9 Å². The van der Waals surface area contributed by atoms with Crippen LogP contribution >= 0.6 is 0 Å². The van der Waals surface area contributed by atoms with Crippen molar-refractivity contribution >= 4 is 17.5 Å². The lowest BCUT2D eigenvalue weighted by Crippen LogP contribution is -2.42. The van der Waals surface area contributed by atoms with Crippen LogP contribution in [0.5, 0.6) is 0 Å². The topological polar surface area (TPSA) is 78.4 Å². The van der Waals surface area contributed by atoms with Gasteiger partial charge < -0.3 is 15.7 Å². The van der Waals surface area contributed by atoms with Crippen LogP contribution in [-0.4, -0.2) is 29.1 Å². The number of benzene rings is 1. The number of Topliss-reactive ketones (excluding diaryl/α,β-unsaturated/α-hetero) is 1. The van der Waals surface area contributed by atoms with E-state index in [0.29, 0.717) is 11.3 Å². The van der Waals surface area contributed by atoms with Crippen molar-refractivity contribution in [1.82, 2.24) is 5.32 Å². The first-order valence-electron chi connectivity index (χ1n) is 5.86. The van der Waals surface area contributed by atoms with Gasteiger partial charge in [0.25, 0.3) is 0 Å². The highest BCUT2D eigenvalue weighted by atomic mass is 16.3. The second-order valence-electron chi connectivity index (χ2n) is 4.65. The van der Waals surface area contributed by atoms with Crippen molar-refractivity contribution in [3.8, 4) is 0 Å². The number of carbonyl (C=O) groups excluding carboxylic acids is 2. The molecule has 0 radical (unpaired) electrons. The maximum atomic E-state index is 11.6. The Bertz CT molecular complexity index is 464. The van der Waals surface area contributed by atoms with Gasteiger partial charge in [-0.3, -0.25) is 4.79 Å². The number of hydrogen-bond donors (Lipinski definition) is 3. The average Bonchev–Trinajstić information content (AvgIpc) is 3.10. The van der Waals surface area contributed by atoms with Crippen LogP contribution in [0.2, 0.25) is 0 Å². The van der Waals surface area contributed by atoms with E-state index in [2.05, 4.69) is 10.6 Å². The Labute approximate surface area is 105 Å². The summed E-state index contributed by atoms with van der Waals surface area (Å²) in [5, 5.41) is 14.5. The van der Waals surface area contributed by atoms with Crippen LogP contribution < -0.4 is 10.6 Å². The molecule has 2 amide bonds. The van der Waals surface area contributed by atoms with Gasteiger partial charge in [0.15, 0.2) is 5.78 Å². The van der Waals surface area contributed by atoms with Gasteiger partial charge in [0, 0.05) is 11.3 Å². The molecule has 1 aliphatic carbocycles. The molecule has 0 atom stereocenters. The zero-order valence-electron chi connectivity index (χ0n) is 10.2. The molecule has 1 aromatic carbocycles. The van der Waals surface area contributed by atoms with Gasteiger partial charge >= 0.3 is 6.03 Å². The number of hydrogen-bond acceptors (Lipinski definition) is 3. The quantitative estimate of drug-likeness (QED) is 0.707. The van der Waals surface area contributed by atoms with E-state index in [9.17, 15) is 9.59 Å². The molecule has 0 aliphatic heterocycles. The van der Waals surface area contributed by atoms with Crippen molar-refractivity contribution in [2.24, 2.45) is 0 Å². The highest BCUT2D eigenvalue weighted by molar-refractivity contribution is 5.95. The highest BCUT2D eigenvalue weighted by Gasteiger charge is 2.43. The van der Waals surface area contributed by atoms with E-state index in [1.807, 2.05) is 0 Å². The summed E-state index contributed by atoms with van der Waals surface area (Å²) in [5.74, 6) is -0.0109. The molecule has 0 spiro atoms. The zero-order valence-corrected chi connectivity index (χ0v) is 10.2. The number of carbonyl (C=O) groups is 2. The summed E-state index contributed by atoms with van der Waals surface area (Å²) in [6.07, 6.45) is 1.61. The van der Waals surface area contributed by atoms with Crippen molar-refractivity contribution < 1.29 is 14.7 Å². The summed E-state index contributed by atoms with van der Waals surface area (Å²) in [6.45, 7) is 1.46. The van der Waals surface area contributed by atoms with Crippen LogP contribution in [0.4, 0.5) is 10.5 Å². The molecule has 0 unspecified atom stereocenters. The number of rotatable bonds is 4. The van der Waals surface area contributed by atoms with Crippen LogP contribution in [0.1, 0.15) is 30.1 Å². The molecule has 3 N–H and O–H groups in total. The molecule has 0 heterocycles. The van der Waals surface area contributed by atoms with Gasteiger partial charge in [-0.2, -0.15) is 0 Å². The molecule has 5 heteroatoms. The number of aliphatic hydroxyl groups is 1. The maximum Gasteiger partial charge on any atom is 0.319 e. The lowest BCUT2D eigenvalue weighted by molar-refractivity contribution is 0.101. The first kappa shape index (κ1) is 12.6. The normalized spacial score (nSPS) is 15.9. The molecular formula is C13H16N2O3. The predicted molar refractivity (Wildman–Crippen MR) is 67.7 cm³/mol. The van der Waals surface area contributed by atoms with E-state index in [0.717, 1.165) is 12.8 Å². The molecular weight excluding hydrogens is 232 g/mol. The fourth-order valence-electron chi connectivity index (χ4n) is 1.66. The number of urea groups is 1. The minimum Gasteiger partial charge on any atom is -0.394 e. The van der Waals surface area contributed by atoms with Gasteiger partial charge in [-0.05, 0) is 44.0 Å². The molecule has 96 valence electrons. The molecule has 18 heavy (non-hydrogen) atoms. The Morgan fingerprint density at radius 3 is 2.33 bits per heavy atom. The number of anilines is 1. The third-order valence-electron chi connectivity index (χ3n) is 3.08. The van der Waals surface area contributed by atoms with Gasteiger partial charge in [0.2, 0.25) is 0 Å². The Balaban J connectivity index is 1.93. The van der Waals surface area contributed by atoms with Crippen LogP contribution in [0.25, 0.3) is 0 Å². The van der Waals surface area contributed by atoms with Crippen LogP contribution in [0.15, 0.2) is 24.3 Å². The average molecular weight is 248 g/mol. The van der Waals surface area contributed by atoms with Crippen molar-refractivity contribution in [1.29, 1.82) is 0 Å². The predicted octanol–water partition coefficient (Wildman–Crippen LogP) is 1.54. The lowest BCUT2D eigenvalue weighted by atomic mass is 10.1. The molecule has 0 bridgehead atoms. The largest absolute Gasteiger partial charge is 0.394 e. The summed E-state index contributed by atoms with van der Waals surface area (Å²) in [6, 6.07) is 6.34. The second-order valence-corrected chi connectivity index (χ2v) is 4.65. The van der Waals surface area contributed by atoms with Crippen LogP contribution in [0.3, 0.4) is 0 Å². The highest BCUT2D eigenvalue weighted by Crippen LogP contribution is 2.34. The zero-order chi connectivity index (χ0) is 13.2. The molecule has 1 fully saturated rings. The third-order valence-corrected chi connectivity index (χ3v) is 3.08. The van der Waals surface area contributed by atoms with Crippen molar-refractivity contribution in [3.05, 3.63) is 29.8 Å². The van der Waals surface area contributed by atoms with E-state index in [-0.39, 0.29) is 18.4 Å². The molecule has 5 nitrogen and oxygen atoms in total. The molecule has 1 saturated carbocycles. The second kappa shape index (κ2) is 4.78. The minimum atomic E-state index is -0.427. The SMILES string of the molecule is CC(=O)c1ccc(NC(=O)NC2(CO)CC2)cc1. The lowest BCUT2D eigenvalue weighted by Gasteiger charge is -2.15. The number of aliphatic hydroxyl groups excluding tert-OH is 1. The smallest absolute Gasteiger partial charge is 0.319 e.